The van der Waals surface area contributed by atoms with Crippen molar-refractivity contribution in [3.05, 3.63) is 77.9 Å². The van der Waals surface area contributed by atoms with Gasteiger partial charge in [-0.05, 0) is 17.0 Å². The molecule has 0 aromatic heterocycles. The summed E-state index contributed by atoms with van der Waals surface area (Å²) in [5.74, 6) is -1.90. The van der Waals surface area contributed by atoms with Crippen molar-refractivity contribution in [1.29, 1.82) is 0 Å². The number of carbonyl (C=O) groups excluding carboxylic acids is 1. The Bertz CT molecular complexity index is 921. The average molecular weight is 335 g/mol. The van der Waals surface area contributed by atoms with E-state index in [1.807, 2.05) is 30.3 Å². The molecule has 0 saturated carbocycles. The Balaban J connectivity index is 1.84. The lowest BCUT2D eigenvalue weighted by atomic mass is 10.0. The molecule has 0 aliphatic carbocycles. The van der Waals surface area contributed by atoms with Gasteiger partial charge in [0.15, 0.2) is 0 Å². The monoisotopic (exact) mass is 335 g/mol. The Morgan fingerprint density at radius 1 is 0.920 bits per heavy atom. The van der Waals surface area contributed by atoms with Crippen molar-refractivity contribution in [2.24, 2.45) is 0 Å². The predicted molar refractivity (Wildman–Crippen MR) is 94.6 cm³/mol. The van der Waals surface area contributed by atoms with Gasteiger partial charge >= 0.3 is 5.97 Å². The molecule has 0 fully saturated rings. The van der Waals surface area contributed by atoms with Crippen LogP contribution in [0.1, 0.15) is 15.9 Å². The third kappa shape index (κ3) is 3.61. The van der Waals surface area contributed by atoms with Gasteiger partial charge in [-0.15, -0.1) is 0 Å². The van der Waals surface area contributed by atoms with Crippen molar-refractivity contribution in [3.63, 3.8) is 0 Å². The number of phenols is 1. The van der Waals surface area contributed by atoms with E-state index in [-0.39, 0.29) is 17.7 Å². The van der Waals surface area contributed by atoms with E-state index >= 15 is 0 Å². The number of carbonyl (C=O) groups is 2. The van der Waals surface area contributed by atoms with Crippen LogP contribution in [0.2, 0.25) is 0 Å². The van der Waals surface area contributed by atoms with Gasteiger partial charge in [-0.25, -0.2) is 4.79 Å². The molecule has 0 radical (unpaired) electrons. The fourth-order valence-corrected chi connectivity index (χ4v) is 2.72. The highest BCUT2D eigenvalue weighted by Gasteiger charge is 2.23. The molecule has 126 valence electrons. The number of fused-ring (bicyclic) bond motifs is 1. The molecule has 1 amide bonds. The molecule has 5 nitrogen and oxygen atoms in total. The number of phenolic OH excluding ortho intramolecular Hbond substituents is 1. The summed E-state index contributed by atoms with van der Waals surface area (Å²) in [5, 5.41) is 23.6. The quantitative estimate of drug-likeness (QED) is 0.669. The zero-order valence-corrected chi connectivity index (χ0v) is 13.3. The minimum Gasteiger partial charge on any atom is -0.506 e. The van der Waals surface area contributed by atoms with Crippen LogP contribution in [0.3, 0.4) is 0 Å². The minimum absolute atomic E-state index is 0.0537. The second kappa shape index (κ2) is 7.05. The second-order valence-corrected chi connectivity index (χ2v) is 5.74. The van der Waals surface area contributed by atoms with Crippen LogP contribution in [0, 0.1) is 0 Å². The first-order valence-electron chi connectivity index (χ1n) is 7.84. The van der Waals surface area contributed by atoms with Crippen LogP contribution < -0.4 is 5.32 Å². The second-order valence-electron chi connectivity index (χ2n) is 5.74. The molecule has 0 aliphatic heterocycles. The molecule has 3 aromatic carbocycles. The topological polar surface area (TPSA) is 86.6 Å². The van der Waals surface area contributed by atoms with Crippen molar-refractivity contribution in [2.75, 3.05) is 0 Å². The first kappa shape index (κ1) is 16.5. The first-order chi connectivity index (χ1) is 12.1. The SMILES string of the molecule is O=C(N[C@@H](Cc1ccccc1)C(=O)O)c1ccc2ccccc2c1O. The van der Waals surface area contributed by atoms with Gasteiger partial charge in [0, 0.05) is 11.8 Å². The number of carboxylic acids is 1. The van der Waals surface area contributed by atoms with E-state index in [1.54, 1.807) is 30.3 Å². The van der Waals surface area contributed by atoms with Crippen LogP contribution in [-0.4, -0.2) is 28.1 Å². The number of hydrogen-bond acceptors (Lipinski definition) is 3. The van der Waals surface area contributed by atoms with E-state index in [1.165, 1.54) is 6.07 Å². The molecule has 0 saturated heterocycles. The van der Waals surface area contributed by atoms with Crippen LogP contribution in [0.4, 0.5) is 0 Å². The van der Waals surface area contributed by atoms with Crippen molar-refractivity contribution >= 4 is 22.6 Å². The number of nitrogens with one attached hydrogen (secondary N) is 1. The normalized spacial score (nSPS) is 11.8. The van der Waals surface area contributed by atoms with Gasteiger partial charge in [0.1, 0.15) is 11.8 Å². The Kier molecular flexibility index (Phi) is 4.66. The fourth-order valence-electron chi connectivity index (χ4n) is 2.72. The summed E-state index contributed by atoms with van der Waals surface area (Å²) in [6, 6.07) is 18.3. The van der Waals surface area contributed by atoms with Crippen molar-refractivity contribution in [3.8, 4) is 5.75 Å². The Labute approximate surface area is 144 Å². The maximum absolute atomic E-state index is 12.5. The largest absolute Gasteiger partial charge is 0.506 e. The van der Waals surface area contributed by atoms with Gasteiger partial charge in [0.2, 0.25) is 0 Å². The molecule has 0 heterocycles. The first-order valence-corrected chi connectivity index (χ1v) is 7.84. The lowest BCUT2D eigenvalue weighted by Gasteiger charge is -2.15. The predicted octanol–water partition coefficient (Wildman–Crippen LogP) is 2.97. The number of rotatable bonds is 5. The van der Waals surface area contributed by atoms with E-state index in [0.29, 0.717) is 5.39 Å². The van der Waals surface area contributed by atoms with Gasteiger partial charge in [-0.1, -0.05) is 60.7 Å². The van der Waals surface area contributed by atoms with E-state index in [9.17, 15) is 19.8 Å². The summed E-state index contributed by atoms with van der Waals surface area (Å²) in [6.07, 6.45) is 0.163. The van der Waals surface area contributed by atoms with Crippen LogP contribution in [0.15, 0.2) is 66.7 Å². The molecular formula is C20H17NO4. The van der Waals surface area contributed by atoms with E-state index < -0.39 is 17.9 Å². The lowest BCUT2D eigenvalue weighted by Crippen LogP contribution is -2.42. The molecule has 0 spiro atoms. The molecule has 25 heavy (non-hydrogen) atoms. The maximum atomic E-state index is 12.5. The number of aromatic hydroxyl groups is 1. The van der Waals surface area contributed by atoms with Gasteiger partial charge in [0.25, 0.3) is 5.91 Å². The molecule has 0 bridgehead atoms. The van der Waals surface area contributed by atoms with Crippen LogP contribution >= 0.6 is 0 Å². The highest BCUT2D eigenvalue weighted by atomic mass is 16.4. The van der Waals surface area contributed by atoms with Gasteiger partial charge in [-0.2, -0.15) is 0 Å². The highest BCUT2D eigenvalue weighted by molar-refractivity contribution is 6.04. The molecule has 0 unspecified atom stereocenters. The number of benzene rings is 3. The smallest absolute Gasteiger partial charge is 0.326 e. The molecule has 5 heteroatoms. The fraction of sp³-hybridized carbons (Fsp3) is 0.100. The molecule has 1 atom stereocenters. The Hall–Kier alpha value is -3.34. The minimum atomic E-state index is -1.13. The highest BCUT2D eigenvalue weighted by Crippen LogP contribution is 2.28. The standard InChI is InChI=1S/C20H17NO4/c22-18-15-9-5-4-8-14(15)10-11-16(18)19(23)21-17(20(24)25)12-13-6-2-1-3-7-13/h1-11,17,22H,12H2,(H,21,23)(H,24,25)/t17-/m0/s1. The number of aliphatic carboxylic acids is 1. The van der Waals surface area contributed by atoms with Gasteiger partial charge in [0.05, 0.1) is 5.56 Å². The summed E-state index contributed by atoms with van der Waals surface area (Å²) < 4.78 is 0. The maximum Gasteiger partial charge on any atom is 0.326 e. The summed E-state index contributed by atoms with van der Waals surface area (Å²) in [7, 11) is 0. The van der Waals surface area contributed by atoms with Gasteiger partial charge in [-0.3, -0.25) is 4.79 Å². The van der Waals surface area contributed by atoms with E-state index in [2.05, 4.69) is 5.32 Å². The lowest BCUT2D eigenvalue weighted by molar-refractivity contribution is -0.139. The molecule has 0 aliphatic rings. The number of carboxylic acid groups (broad SMARTS) is 1. The van der Waals surface area contributed by atoms with E-state index in [0.717, 1.165) is 10.9 Å². The number of hydrogen-bond donors (Lipinski definition) is 3. The molecule has 3 aromatic rings. The van der Waals surface area contributed by atoms with Crippen LogP contribution in [-0.2, 0) is 11.2 Å². The Morgan fingerprint density at radius 2 is 1.60 bits per heavy atom. The average Bonchev–Trinajstić information content (AvgIpc) is 2.62. The van der Waals surface area contributed by atoms with Crippen molar-refractivity contribution < 1.29 is 19.8 Å². The van der Waals surface area contributed by atoms with Crippen molar-refractivity contribution in [2.45, 2.75) is 12.5 Å². The summed E-state index contributed by atoms with van der Waals surface area (Å²) in [6.45, 7) is 0. The molecule has 3 N–H and O–H groups in total. The zero-order valence-electron chi connectivity index (χ0n) is 13.3. The third-order valence-corrected chi connectivity index (χ3v) is 4.03. The Morgan fingerprint density at radius 3 is 2.32 bits per heavy atom. The van der Waals surface area contributed by atoms with Gasteiger partial charge < -0.3 is 15.5 Å². The van der Waals surface area contributed by atoms with Crippen LogP contribution in [0.25, 0.3) is 10.8 Å². The zero-order chi connectivity index (χ0) is 17.8. The third-order valence-electron chi connectivity index (χ3n) is 4.03. The van der Waals surface area contributed by atoms with Crippen molar-refractivity contribution in [1.82, 2.24) is 5.32 Å². The van der Waals surface area contributed by atoms with E-state index in [4.69, 9.17) is 0 Å². The molecule has 3 rings (SSSR count). The summed E-state index contributed by atoms with van der Waals surface area (Å²) in [5.41, 5.74) is 0.857. The molecular weight excluding hydrogens is 318 g/mol. The summed E-state index contributed by atoms with van der Waals surface area (Å²) in [4.78, 5) is 24.0. The van der Waals surface area contributed by atoms with Crippen LogP contribution in [0.5, 0.6) is 5.75 Å². The summed E-state index contributed by atoms with van der Waals surface area (Å²) >= 11 is 0. The number of amides is 1.